The Kier molecular flexibility index (Phi) is 5.19. The molecule has 1 aliphatic carbocycles. The Hall–Kier alpha value is -0.870. The molecule has 1 heterocycles. The first kappa shape index (κ1) is 16.0. The minimum absolute atomic E-state index is 0.0767. The topological polar surface area (TPSA) is 44.5 Å². The maximum absolute atomic E-state index is 6.45. The van der Waals surface area contributed by atoms with Crippen LogP contribution in [0.4, 0.5) is 0 Å². The van der Waals surface area contributed by atoms with E-state index >= 15 is 0 Å². The highest BCUT2D eigenvalue weighted by molar-refractivity contribution is 7.99. The van der Waals surface area contributed by atoms with Gasteiger partial charge in [-0.25, -0.2) is 0 Å². The van der Waals surface area contributed by atoms with Crippen LogP contribution in [-0.2, 0) is 5.41 Å². The van der Waals surface area contributed by atoms with Crippen LogP contribution in [0.3, 0.4) is 0 Å². The highest BCUT2D eigenvalue weighted by Crippen LogP contribution is 2.47. The lowest BCUT2D eigenvalue weighted by Crippen LogP contribution is -2.33. The third kappa shape index (κ3) is 3.09. The first-order valence-corrected chi connectivity index (χ1v) is 9.56. The van der Waals surface area contributed by atoms with Gasteiger partial charge in [-0.2, -0.15) is 11.8 Å². The molecule has 2 aliphatic rings. The molecule has 122 valence electrons. The predicted molar refractivity (Wildman–Crippen MR) is 93.2 cm³/mol. The van der Waals surface area contributed by atoms with E-state index in [0.717, 1.165) is 37.2 Å². The van der Waals surface area contributed by atoms with Gasteiger partial charge in [-0.3, -0.25) is 0 Å². The number of ether oxygens (including phenoxy) is 2. The van der Waals surface area contributed by atoms with Crippen molar-refractivity contribution in [2.45, 2.75) is 50.0 Å². The zero-order chi connectivity index (χ0) is 15.4. The minimum Gasteiger partial charge on any atom is -0.493 e. The fraction of sp³-hybridized carbons (Fsp3) is 0.667. The fourth-order valence-electron chi connectivity index (χ4n) is 3.81. The van der Waals surface area contributed by atoms with Crippen LogP contribution in [0.25, 0.3) is 0 Å². The summed E-state index contributed by atoms with van der Waals surface area (Å²) in [6, 6.07) is 6.29. The van der Waals surface area contributed by atoms with Crippen molar-refractivity contribution in [2.24, 2.45) is 5.73 Å². The second-order valence-corrected chi connectivity index (χ2v) is 7.68. The molecule has 1 aromatic rings. The zero-order valence-corrected chi connectivity index (χ0v) is 14.3. The summed E-state index contributed by atoms with van der Waals surface area (Å²) in [6.45, 7) is 0.692. The number of thioether (sulfide) groups is 1. The molecule has 0 bridgehead atoms. The summed E-state index contributed by atoms with van der Waals surface area (Å²) >= 11 is 2.02. The van der Waals surface area contributed by atoms with E-state index in [4.69, 9.17) is 15.2 Å². The lowest BCUT2D eigenvalue weighted by atomic mass is 9.78. The van der Waals surface area contributed by atoms with Gasteiger partial charge in [-0.1, -0.05) is 25.0 Å². The van der Waals surface area contributed by atoms with E-state index in [1.54, 1.807) is 7.11 Å². The monoisotopic (exact) mass is 321 g/mol. The highest BCUT2D eigenvalue weighted by Gasteiger charge is 2.38. The zero-order valence-electron chi connectivity index (χ0n) is 13.5. The van der Waals surface area contributed by atoms with E-state index < -0.39 is 0 Å². The molecule has 3 rings (SSSR count). The molecule has 1 saturated heterocycles. The number of hydrogen-bond donors (Lipinski definition) is 1. The molecular weight excluding hydrogens is 294 g/mol. The van der Waals surface area contributed by atoms with E-state index in [9.17, 15) is 0 Å². The molecule has 1 aromatic carbocycles. The van der Waals surface area contributed by atoms with E-state index in [1.807, 2.05) is 17.8 Å². The van der Waals surface area contributed by atoms with Gasteiger partial charge in [0.1, 0.15) is 6.10 Å². The molecule has 2 N–H and O–H groups in total. The van der Waals surface area contributed by atoms with Crippen LogP contribution in [0, 0.1) is 0 Å². The Bertz CT molecular complexity index is 494. The minimum atomic E-state index is 0.0767. The average molecular weight is 321 g/mol. The highest BCUT2D eigenvalue weighted by atomic mass is 32.2. The second kappa shape index (κ2) is 7.14. The number of para-hydroxylation sites is 1. The van der Waals surface area contributed by atoms with Crippen LogP contribution >= 0.6 is 11.8 Å². The van der Waals surface area contributed by atoms with Crippen molar-refractivity contribution in [3.05, 3.63) is 23.8 Å². The summed E-state index contributed by atoms with van der Waals surface area (Å²) in [7, 11) is 1.73. The molecule has 3 nitrogen and oxygen atoms in total. The molecule has 0 atom stereocenters. The molecule has 0 spiro atoms. The lowest BCUT2D eigenvalue weighted by molar-refractivity contribution is 0.179. The predicted octanol–water partition coefficient (Wildman–Crippen LogP) is 3.74. The van der Waals surface area contributed by atoms with Gasteiger partial charge in [-0.05, 0) is 43.3 Å². The van der Waals surface area contributed by atoms with E-state index in [1.165, 1.54) is 29.9 Å². The van der Waals surface area contributed by atoms with Crippen molar-refractivity contribution in [3.63, 3.8) is 0 Å². The van der Waals surface area contributed by atoms with E-state index in [2.05, 4.69) is 12.1 Å². The Morgan fingerprint density at radius 2 is 1.95 bits per heavy atom. The molecule has 0 unspecified atom stereocenters. The number of methoxy groups -OCH3 is 1. The van der Waals surface area contributed by atoms with Gasteiger partial charge in [0.05, 0.1) is 7.11 Å². The second-order valence-electron chi connectivity index (χ2n) is 6.46. The van der Waals surface area contributed by atoms with Crippen LogP contribution in [-0.4, -0.2) is 31.3 Å². The van der Waals surface area contributed by atoms with Crippen LogP contribution in [0.5, 0.6) is 11.5 Å². The van der Waals surface area contributed by atoms with E-state index in [-0.39, 0.29) is 5.41 Å². The van der Waals surface area contributed by atoms with Gasteiger partial charge in [0.25, 0.3) is 0 Å². The number of hydrogen-bond acceptors (Lipinski definition) is 4. The van der Waals surface area contributed by atoms with E-state index in [0.29, 0.717) is 12.6 Å². The van der Waals surface area contributed by atoms with Gasteiger partial charge < -0.3 is 15.2 Å². The summed E-state index contributed by atoms with van der Waals surface area (Å²) < 4.78 is 12.1. The average Bonchev–Trinajstić information content (AvgIpc) is 3.06. The van der Waals surface area contributed by atoms with Crippen molar-refractivity contribution < 1.29 is 9.47 Å². The summed E-state index contributed by atoms with van der Waals surface area (Å²) in [4.78, 5) is 0. The Morgan fingerprint density at radius 3 is 2.59 bits per heavy atom. The molecule has 4 heteroatoms. The molecule has 0 radical (unpaired) electrons. The van der Waals surface area contributed by atoms with Crippen LogP contribution in [0.15, 0.2) is 18.2 Å². The molecule has 0 aromatic heterocycles. The summed E-state index contributed by atoms with van der Waals surface area (Å²) in [5, 5.41) is 0. The lowest BCUT2D eigenvalue weighted by Gasteiger charge is -2.32. The first-order chi connectivity index (χ1) is 10.8. The van der Waals surface area contributed by atoms with Gasteiger partial charge in [0.2, 0.25) is 0 Å². The molecular formula is C18H27NO2S. The van der Waals surface area contributed by atoms with Crippen LogP contribution in [0.2, 0.25) is 0 Å². The quantitative estimate of drug-likeness (QED) is 0.897. The van der Waals surface area contributed by atoms with Crippen molar-refractivity contribution in [1.82, 2.24) is 0 Å². The van der Waals surface area contributed by atoms with Gasteiger partial charge in [-0.15, -0.1) is 0 Å². The molecule has 1 aliphatic heterocycles. The van der Waals surface area contributed by atoms with Gasteiger partial charge >= 0.3 is 0 Å². The molecule has 1 saturated carbocycles. The summed E-state index contributed by atoms with van der Waals surface area (Å²) in [5.74, 6) is 4.19. The third-order valence-corrected chi connectivity index (χ3v) is 6.22. The Morgan fingerprint density at radius 1 is 1.23 bits per heavy atom. The van der Waals surface area contributed by atoms with Crippen molar-refractivity contribution in [3.8, 4) is 11.5 Å². The first-order valence-electron chi connectivity index (χ1n) is 8.41. The largest absolute Gasteiger partial charge is 0.493 e. The molecule has 22 heavy (non-hydrogen) atoms. The number of nitrogens with two attached hydrogens (primary N) is 1. The smallest absolute Gasteiger partial charge is 0.165 e. The molecule has 0 amide bonds. The van der Waals surface area contributed by atoms with Crippen molar-refractivity contribution in [2.75, 3.05) is 25.2 Å². The fourth-order valence-corrected chi connectivity index (χ4v) is 4.87. The number of rotatable bonds is 5. The Balaban J connectivity index is 1.94. The van der Waals surface area contributed by atoms with Gasteiger partial charge in [0.15, 0.2) is 11.5 Å². The maximum atomic E-state index is 6.45. The summed E-state index contributed by atoms with van der Waals surface area (Å²) in [5.41, 5.74) is 7.54. The SMILES string of the molecule is COc1cccc(C2(CN)CCCC2)c1OC1CCSCC1. The third-order valence-electron chi connectivity index (χ3n) is 5.17. The number of benzene rings is 1. The van der Waals surface area contributed by atoms with Crippen LogP contribution in [0.1, 0.15) is 44.1 Å². The van der Waals surface area contributed by atoms with Crippen molar-refractivity contribution >= 4 is 11.8 Å². The standard InChI is InChI=1S/C18H27NO2S/c1-20-16-6-4-5-15(18(13-19)9-2-3-10-18)17(16)21-14-7-11-22-12-8-14/h4-6,14H,2-3,7-13,19H2,1H3. The normalized spacial score (nSPS) is 21.7. The molecule has 2 fully saturated rings. The van der Waals surface area contributed by atoms with Crippen molar-refractivity contribution in [1.29, 1.82) is 0 Å². The summed E-state index contributed by atoms with van der Waals surface area (Å²) in [6.07, 6.45) is 7.39. The maximum Gasteiger partial charge on any atom is 0.165 e. The Labute approximate surface area is 137 Å². The van der Waals surface area contributed by atoms with Crippen LogP contribution < -0.4 is 15.2 Å². The van der Waals surface area contributed by atoms with Gasteiger partial charge in [0, 0.05) is 17.5 Å².